The topological polar surface area (TPSA) is 55.1 Å². The number of anilines is 1. The van der Waals surface area contributed by atoms with Crippen molar-refractivity contribution in [2.45, 2.75) is 0 Å². The predicted octanol–water partition coefficient (Wildman–Crippen LogP) is 3.50. The van der Waals surface area contributed by atoms with Gasteiger partial charge in [-0.15, -0.1) is 0 Å². The van der Waals surface area contributed by atoms with E-state index in [1.165, 1.54) is 12.1 Å². The monoisotopic (exact) mass is 326 g/mol. The first-order chi connectivity index (χ1) is 9.86. The van der Waals surface area contributed by atoms with Crippen LogP contribution in [0.2, 0.25) is 5.02 Å². The molecule has 0 fully saturated rings. The Hall–Kier alpha value is -2.05. The quantitative estimate of drug-likeness (QED) is 0.849. The lowest BCUT2D eigenvalue weighted by molar-refractivity contribution is 0.102. The third kappa shape index (κ3) is 3.74. The summed E-state index contributed by atoms with van der Waals surface area (Å²) in [6.07, 6.45) is 0. The maximum Gasteiger partial charge on any atom is 0.255 e. The molecule has 2 rings (SSSR count). The summed E-state index contributed by atoms with van der Waals surface area (Å²) in [7, 11) is 0. The van der Waals surface area contributed by atoms with E-state index in [9.17, 15) is 13.6 Å². The highest BCUT2D eigenvalue weighted by molar-refractivity contribution is 7.80. The van der Waals surface area contributed by atoms with Gasteiger partial charge in [-0.25, -0.2) is 8.78 Å². The summed E-state index contributed by atoms with van der Waals surface area (Å²) in [5, 5.41) is 2.71. The van der Waals surface area contributed by atoms with Gasteiger partial charge in [0.05, 0.1) is 10.7 Å². The van der Waals surface area contributed by atoms with Gasteiger partial charge in [0.25, 0.3) is 5.91 Å². The zero-order chi connectivity index (χ0) is 15.6. The molecule has 21 heavy (non-hydrogen) atoms. The van der Waals surface area contributed by atoms with Crippen molar-refractivity contribution in [2.75, 3.05) is 5.32 Å². The van der Waals surface area contributed by atoms with E-state index in [2.05, 4.69) is 5.32 Å². The summed E-state index contributed by atoms with van der Waals surface area (Å²) >= 11 is 10.8. The Kier molecular flexibility index (Phi) is 4.50. The van der Waals surface area contributed by atoms with Crippen molar-refractivity contribution in [3.63, 3.8) is 0 Å². The molecule has 0 saturated carbocycles. The highest BCUT2D eigenvalue weighted by atomic mass is 35.5. The molecule has 0 radical (unpaired) electrons. The van der Waals surface area contributed by atoms with Crippen LogP contribution in [0, 0.1) is 11.6 Å². The largest absolute Gasteiger partial charge is 0.389 e. The minimum atomic E-state index is -0.844. The van der Waals surface area contributed by atoms with Gasteiger partial charge in [-0.1, -0.05) is 29.9 Å². The smallest absolute Gasteiger partial charge is 0.255 e. The first-order valence-electron chi connectivity index (χ1n) is 5.73. The lowest BCUT2D eigenvalue weighted by Crippen LogP contribution is -2.14. The summed E-state index contributed by atoms with van der Waals surface area (Å²) in [6, 6.07) is 7.11. The van der Waals surface area contributed by atoms with Crippen LogP contribution in [0.5, 0.6) is 0 Å². The van der Waals surface area contributed by atoms with Gasteiger partial charge >= 0.3 is 0 Å². The maximum atomic E-state index is 13.1. The molecular weight excluding hydrogens is 318 g/mol. The second-order valence-electron chi connectivity index (χ2n) is 4.17. The molecule has 0 unspecified atom stereocenters. The van der Waals surface area contributed by atoms with E-state index in [1.54, 1.807) is 6.07 Å². The molecule has 0 saturated heterocycles. The molecule has 0 aliphatic carbocycles. The van der Waals surface area contributed by atoms with E-state index in [1.807, 2.05) is 0 Å². The van der Waals surface area contributed by atoms with Gasteiger partial charge < -0.3 is 11.1 Å². The van der Waals surface area contributed by atoms with Crippen LogP contribution >= 0.6 is 23.8 Å². The Balaban J connectivity index is 2.31. The number of thiocarbonyl (C=S) groups is 1. The van der Waals surface area contributed by atoms with Gasteiger partial charge in [0.1, 0.15) is 16.6 Å². The molecule has 108 valence electrons. The average Bonchev–Trinajstić information content (AvgIpc) is 2.39. The highest BCUT2D eigenvalue weighted by Gasteiger charge is 2.12. The van der Waals surface area contributed by atoms with E-state index < -0.39 is 17.5 Å². The Bertz CT molecular complexity index is 717. The molecule has 0 aromatic heterocycles. The number of hydrogen-bond donors (Lipinski definition) is 2. The Morgan fingerprint density at radius 3 is 2.29 bits per heavy atom. The summed E-state index contributed by atoms with van der Waals surface area (Å²) in [5.74, 6) is -2.39. The fraction of sp³-hybridized carbons (Fsp3) is 0. The van der Waals surface area contributed by atoms with E-state index >= 15 is 0 Å². The van der Waals surface area contributed by atoms with Gasteiger partial charge in [0.2, 0.25) is 0 Å². The number of benzene rings is 2. The molecule has 3 nitrogen and oxygen atoms in total. The molecule has 0 atom stereocenters. The highest BCUT2D eigenvalue weighted by Crippen LogP contribution is 2.24. The number of hydrogen-bond acceptors (Lipinski definition) is 2. The van der Waals surface area contributed by atoms with E-state index in [0.717, 1.165) is 12.1 Å². The fourth-order valence-electron chi connectivity index (χ4n) is 1.65. The lowest BCUT2D eigenvalue weighted by atomic mass is 10.1. The van der Waals surface area contributed by atoms with Gasteiger partial charge in [-0.05, 0) is 24.3 Å². The van der Waals surface area contributed by atoms with E-state index in [4.69, 9.17) is 29.6 Å². The summed E-state index contributed by atoms with van der Waals surface area (Å²) in [5.41, 5.74) is 6.08. The molecule has 0 bridgehead atoms. The second-order valence-corrected chi connectivity index (χ2v) is 5.02. The predicted molar refractivity (Wildman–Crippen MR) is 81.7 cm³/mol. The van der Waals surface area contributed by atoms with Crippen LogP contribution in [0.15, 0.2) is 36.4 Å². The lowest BCUT2D eigenvalue weighted by Gasteiger charge is -2.09. The van der Waals surface area contributed by atoms with Crippen molar-refractivity contribution in [1.82, 2.24) is 0 Å². The van der Waals surface area contributed by atoms with Crippen molar-refractivity contribution < 1.29 is 13.6 Å². The zero-order valence-electron chi connectivity index (χ0n) is 10.5. The molecule has 1 amide bonds. The van der Waals surface area contributed by atoms with E-state index in [-0.39, 0.29) is 21.3 Å². The molecule has 3 N–H and O–H groups in total. The number of amides is 1. The van der Waals surface area contributed by atoms with Crippen LogP contribution < -0.4 is 11.1 Å². The van der Waals surface area contributed by atoms with Crippen molar-refractivity contribution in [1.29, 1.82) is 0 Å². The number of nitrogens with two attached hydrogens (primary N) is 1. The summed E-state index contributed by atoms with van der Waals surface area (Å²) in [4.78, 5) is 12.1. The number of rotatable bonds is 3. The zero-order valence-corrected chi connectivity index (χ0v) is 12.1. The SMILES string of the molecule is NC(=S)c1ccc(Cl)c(NC(=O)c2cc(F)cc(F)c2)c1. The number of carbonyl (C=O) groups is 1. The molecule has 0 heterocycles. The molecular formula is C14H9ClF2N2OS. The summed E-state index contributed by atoms with van der Waals surface area (Å²) in [6.45, 7) is 0. The minimum absolute atomic E-state index is 0.138. The van der Waals surface area contributed by atoms with Gasteiger partial charge in [0.15, 0.2) is 0 Å². The molecule has 0 aliphatic rings. The minimum Gasteiger partial charge on any atom is -0.389 e. The van der Waals surface area contributed by atoms with Crippen molar-refractivity contribution >= 4 is 40.4 Å². The van der Waals surface area contributed by atoms with E-state index in [0.29, 0.717) is 11.6 Å². The van der Waals surface area contributed by atoms with Crippen molar-refractivity contribution in [2.24, 2.45) is 5.73 Å². The molecule has 0 aliphatic heterocycles. The number of nitrogens with one attached hydrogen (secondary N) is 1. The standard InChI is InChI=1S/C14H9ClF2N2OS/c15-11-2-1-7(13(18)21)5-12(11)19-14(20)8-3-9(16)6-10(17)4-8/h1-6H,(H2,18,21)(H,19,20). The Morgan fingerprint density at radius 1 is 1.10 bits per heavy atom. The Morgan fingerprint density at radius 2 is 1.71 bits per heavy atom. The third-order valence-corrected chi connectivity index (χ3v) is 3.19. The normalized spacial score (nSPS) is 10.2. The van der Waals surface area contributed by atoms with Crippen LogP contribution in [0.3, 0.4) is 0 Å². The summed E-state index contributed by atoms with van der Waals surface area (Å²) < 4.78 is 26.2. The van der Waals surface area contributed by atoms with Gasteiger partial charge in [0, 0.05) is 17.2 Å². The molecule has 7 heteroatoms. The Labute approximate surface area is 129 Å². The average molecular weight is 327 g/mol. The van der Waals surface area contributed by atoms with Crippen LogP contribution in [-0.2, 0) is 0 Å². The second kappa shape index (κ2) is 6.15. The maximum absolute atomic E-state index is 13.1. The van der Waals surface area contributed by atoms with Crippen molar-refractivity contribution in [3.8, 4) is 0 Å². The third-order valence-electron chi connectivity index (χ3n) is 2.62. The molecule has 2 aromatic carbocycles. The van der Waals surface area contributed by atoms with Crippen LogP contribution in [0.25, 0.3) is 0 Å². The molecule has 2 aromatic rings. The number of carbonyl (C=O) groups excluding carboxylic acids is 1. The number of halogens is 3. The van der Waals surface area contributed by atoms with Crippen LogP contribution in [0.4, 0.5) is 14.5 Å². The van der Waals surface area contributed by atoms with Gasteiger partial charge in [-0.2, -0.15) is 0 Å². The first kappa shape index (κ1) is 15.3. The first-order valence-corrected chi connectivity index (χ1v) is 6.52. The van der Waals surface area contributed by atoms with Crippen LogP contribution in [0.1, 0.15) is 15.9 Å². The van der Waals surface area contributed by atoms with Crippen molar-refractivity contribution in [3.05, 3.63) is 64.2 Å². The van der Waals surface area contributed by atoms with Crippen LogP contribution in [-0.4, -0.2) is 10.9 Å². The fourth-order valence-corrected chi connectivity index (χ4v) is 1.95. The molecule has 0 spiro atoms. The van der Waals surface area contributed by atoms with Gasteiger partial charge in [-0.3, -0.25) is 4.79 Å².